The van der Waals surface area contributed by atoms with Crippen molar-refractivity contribution < 1.29 is 14.7 Å². The molecule has 0 atom stereocenters. The van der Waals surface area contributed by atoms with Crippen LogP contribution in [0.3, 0.4) is 0 Å². The van der Waals surface area contributed by atoms with Gasteiger partial charge in [0.25, 0.3) is 0 Å². The highest BCUT2D eigenvalue weighted by molar-refractivity contribution is 5.96. The van der Waals surface area contributed by atoms with Gasteiger partial charge in [-0.15, -0.1) is 0 Å². The lowest BCUT2D eigenvalue weighted by Gasteiger charge is -2.30. The number of carbonyl (C=O) groups is 2. The molecule has 1 N–H and O–H groups in total. The summed E-state index contributed by atoms with van der Waals surface area (Å²) in [6.45, 7) is 4.78. The zero-order valence-electron chi connectivity index (χ0n) is 11.3. The van der Waals surface area contributed by atoms with E-state index in [1.165, 1.54) is 0 Å². The van der Waals surface area contributed by atoms with Gasteiger partial charge in [-0.05, 0) is 42.5 Å². The lowest BCUT2D eigenvalue weighted by atomic mass is 9.98. The second-order valence-electron chi connectivity index (χ2n) is 5.40. The summed E-state index contributed by atoms with van der Waals surface area (Å²) in [5.74, 6) is -0.469. The third kappa shape index (κ3) is 2.95. The summed E-state index contributed by atoms with van der Waals surface area (Å²) in [6, 6.07) is 5.02. The number of aromatic carboxylic acids is 1. The van der Waals surface area contributed by atoms with Crippen molar-refractivity contribution >= 4 is 17.6 Å². The molecule has 4 heteroatoms. The number of anilines is 1. The Bertz CT molecular complexity index is 508. The molecular weight excluding hydrogens is 242 g/mol. The van der Waals surface area contributed by atoms with Crippen molar-refractivity contribution in [1.82, 2.24) is 0 Å². The lowest BCUT2D eigenvalue weighted by molar-refractivity contribution is -0.119. The maximum Gasteiger partial charge on any atom is 0.335 e. The summed E-state index contributed by atoms with van der Waals surface area (Å²) >= 11 is 0. The molecule has 1 heterocycles. The second kappa shape index (κ2) is 5.43. The van der Waals surface area contributed by atoms with Gasteiger partial charge >= 0.3 is 5.97 Å². The highest BCUT2D eigenvalue weighted by atomic mass is 16.4. The first-order valence-corrected chi connectivity index (χ1v) is 6.65. The van der Waals surface area contributed by atoms with Gasteiger partial charge in [0.1, 0.15) is 0 Å². The molecule has 0 radical (unpaired) electrons. The first-order valence-electron chi connectivity index (χ1n) is 6.65. The molecule has 0 spiro atoms. The highest BCUT2D eigenvalue weighted by Crippen LogP contribution is 2.29. The van der Waals surface area contributed by atoms with Crippen LogP contribution in [0.15, 0.2) is 18.2 Å². The van der Waals surface area contributed by atoms with Crippen LogP contribution in [0.4, 0.5) is 5.69 Å². The largest absolute Gasteiger partial charge is 0.478 e. The molecule has 1 aromatic rings. The number of nitrogens with zero attached hydrogens (tertiary/aromatic N) is 1. The predicted octanol–water partition coefficient (Wildman–Crippen LogP) is 2.71. The van der Waals surface area contributed by atoms with Gasteiger partial charge in [0.2, 0.25) is 5.91 Å². The van der Waals surface area contributed by atoms with E-state index in [4.69, 9.17) is 5.11 Å². The van der Waals surface area contributed by atoms with Crippen molar-refractivity contribution in [2.24, 2.45) is 5.92 Å². The number of carboxylic acid groups (broad SMARTS) is 1. The molecule has 0 bridgehead atoms. The average Bonchev–Trinajstić information content (AvgIpc) is 2.36. The molecular formula is C15H19NO3. The molecule has 19 heavy (non-hydrogen) atoms. The molecule has 1 aromatic carbocycles. The number of hydrogen-bond donors (Lipinski definition) is 1. The summed E-state index contributed by atoms with van der Waals surface area (Å²) in [6.07, 6.45) is 2.25. The molecule has 102 valence electrons. The Labute approximate surface area is 113 Å². The smallest absolute Gasteiger partial charge is 0.335 e. The summed E-state index contributed by atoms with van der Waals surface area (Å²) in [7, 11) is 0. The van der Waals surface area contributed by atoms with Crippen molar-refractivity contribution in [2.45, 2.75) is 33.1 Å². The van der Waals surface area contributed by atoms with E-state index in [0.29, 0.717) is 12.3 Å². The van der Waals surface area contributed by atoms with Gasteiger partial charge in [0.05, 0.1) is 5.56 Å². The second-order valence-corrected chi connectivity index (χ2v) is 5.40. The van der Waals surface area contributed by atoms with Gasteiger partial charge in [-0.3, -0.25) is 4.79 Å². The number of carboxylic acids is 1. The number of benzene rings is 1. The summed E-state index contributed by atoms with van der Waals surface area (Å²) in [5, 5.41) is 9.00. The normalized spacial score (nSPS) is 14.4. The Kier molecular flexibility index (Phi) is 3.88. The fourth-order valence-corrected chi connectivity index (χ4v) is 2.45. The Morgan fingerprint density at radius 3 is 2.74 bits per heavy atom. The van der Waals surface area contributed by atoms with Gasteiger partial charge in [0, 0.05) is 18.7 Å². The van der Waals surface area contributed by atoms with E-state index in [0.717, 1.165) is 30.6 Å². The number of aryl methyl sites for hydroxylation is 1. The topological polar surface area (TPSA) is 57.6 Å². The summed E-state index contributed by atoms with van der Waals surface area (Å²) < 4.78 is 0. The van der Waals surface area contributed by atoms with Gasteiger partial charge < -0.3 is 10.0 Å². The Morgan fingerprint density at radius 2 is 2.11 bits per heavy atom. The van der Waals surface area contributed by atoms with Crippen LogP contribution < -0.4 is 4.90 Å². The molecule has 0 aromatic heterocycles. The first kappa shape index (κ1) is 13.6. The maximum absolute atomic E-state index is 12.2. The molecule has 0 aliphatic carbocycles. The van der Waals surface area contributed by atoms with Gasteiger partial charge in [-0.2, -0.15) is 0 Å². The molecule has 0 unspecified atom stereocenters. The summed E-state index contributed by atoms with van der Waals surface area (Å²) in [4.78, 5) is 25.0. The first-order chi connectivity index (χ1) is 8.99. The quantitative estimate of drug-likeness (QED) is 0.910. The standard InChI is InChI=1S/C15H19NO3/c1-10(2)8-14(17)16-7-3-4-11-9-12(15(18)19)5-6-13(11)16/h5-6,9-10H,3-4,7-8H2,1-2H3,(H,18,19). The van der Waals surface area contributed by atoms with Gasteiger partial charge in [0.15, 0.2) is 0 Å². The molecule has 2 rings (SSSR count). The van der Waals surface area contributed by atoms with Crippen molar-refractivity contribution in [3.8, 4) is 0 Å². The molecule has 1 aliphatic heterocycles. The fourth-order valence-electron chi connectivity index (χ4n) is 2.45. The highest BCUT2D eigenvalue weighted by Gasteiger charge is 2.23. The van der Waals surface area contributed by atoms with E-state index in [1.54, 1.807) is 23.1 Å². The maximum atomic E-state index is 12.2. The zero-order valence-corrected chi connectivity index (χ0v) is 11.3. The van der Waals surface area contributed by atoms with Crippen LogP contribution in [0.25, 0.3) is 0 Å². The van der Waals surface area contributed by atoms with Crippen LogP contribution in [0.2, 0.25) is 0 Å². The zero-order chi connectivity index (χ0) is 14.0. The van der Waals surface area contributed by atoms with E-state index in [-0.39, 0.29) is 11.5 Å². The monoisotopic (exact) mass is 261 g/mol. The molecule has 0 saturated carbocycles. The minimum atomic E-state index is -0.923. The third-order valence-corrected chi connectivity index (χ3v) is 3.33. The number of hydrogen-bond acceptors (Lipinski definition) is 2. The van der Waals surface area contributed by atoms with Crippen LogP contribution in [-0.4, -0.2) is 23.5 Å². The van der Waals surface area contributed by atoms with Crippen LogP contribution in [0, 0.1) is 5.92 Å². The van der Waals surface area contributed by atoms with Crippen molar-refractivity contribution in [1.29, 1.82) is 0 Å². The lowest BCUT2D eigenvalue weighted by Crippen LogP contribution is -2.36. The molecule has 0 saturated heterocycles. The minimum absolute atomic E-state index is 0.124. The Balaban J connectivity index is 2.29. The minimum Gasteiger partial charge on any atom is -0.478 e. The predicted molar refractivity (Wildman–Crippen MR) is 73.5 cm³/mol. The number of amides is 1. The average molecular weight is 261 g/mol. The summed E-state index contributed by atoms with van der Waals surface area (Å²) in [5.41, 5.74) is 2.13. The van der Waals surface area contributed by atoms with Gasteiger partial charge in [-0.25, -0.2) is 4.79 Å². The van der Waals surface area contributed by atoms with Crippen LogP contribution >= 0.6 is 0 Å². The van der Waals surface area contributed by atoms with E-state index in [9.17, 15) is 9.59 Å². The van der Waals surface area contributed by atoms with Crippen molar-refractivity contribution in [3.63, 3.8) is 0 Å². The van der Waals surface area contributed by atoms with E-state index in [1.807, 2.05) is 13.8 Å². The fraction of sp³-hybridized carbons (Fsp3) is 0.467. The molecule has 4 nitrogen and oxygen atoms in total. The SMILES string of the molecule is CC(C)CC(=O)N1CCCc2cc(C(=O)O)ccc21. The van der Waals surface area contributed by atoms with Crippen molar-refractivity contribution in [2.75, 3.05) is 11.4 Å². The van der Waals surface area contributed by atoms with Crippen LogP contribution in [-0.2, 0) is 11.2 Å². The van der Waals surface area contributed by atoms with E-state index >= 15 is 0 Å². The Hall–Kier alpha value is -1.84. The van der Waals surface area contributed by atoms with E-state index < -0.39 is 5.97 Å². The van der Waals surface area contributed by atoms with Crippen LogP contribution in [0.5, 0.6) is 0 Å². The number of carbonyl (C=O) groups excluding carboxylic acids is 1. The van der Waals surface area contributed by atoms with E-state index in [2.05, 4.69) is 0 Å². The number of fused-ring (bicyclic) bond motifs is 1. The van der Waals surface area contributed by atoms with Crippen LogP contribution in [0.1, 0.15) is 42.6 Å². The molecule has 0 fully saturated rings. The molecule has 1 aliphatic rings. The van der Waals surface area contributed by atoms with Crippen molar-refractivity contribution in [3.05, 3.63) is 29.3 Å². The number of rotatable bonds is 3. The van der Waals surface area contributed by atoms with Gasteiger partial charge in [-0.1, -0.05) is 13.8 Å². The molecule has 1 amide bonds. The Morgan fingerprint density at radius 1 is 1.37 bits per heavy atom. The third-order valence-electron chi connectivity index (χ3n) is 3.33.